The van der Waals surface area contributed by atoms with Crippen molar-refractivity contribution in [3.63, 3.8) is 0 Å². The number of benzene rings is 1. The summed E-state index contributed by atoms with van der Waals surface area (Å²) in [6.45, 7) is 14.1. The Labute approximate surface area is 163 Å². The summed E-state index contributed by atoms with van der Waals surface area (Å²) >= 11 is 0. The molecule has 2 N–H and O–H groups in total. The Kier molecular flexibility index (Phi) is 7.84. The molecule has 1 aromatic carbocycles. The van der Waals surface area contributed by atoms with E-state index in [1.807, 2.05) is 32.9 Å². The predicted molar refractivity (Wildman–Crippen MR) is 110 cm³/mol. The van der Waals surface area contributed by atoms with Gasteiger partial charge in [-0.2, -0.15) is 0 Å². The predicted octanol–water partition coefficient (Wildman–Crippen LogP) is 2.84. The molecule has 0 spiro atoms. The molecule has 5 heteroatoms. The molecule has 0 radical (unpaired) electrons. The van der Waals surface area contributed by atoms with Crippen molar-refractivity contribution in [2.75, 3.05) is 26.2 Å². The number of hydrogen-bond acceptors (Lipinski definition) is 3. The van der Waals surface area contributed by atoms with E-state index >= 15 is 0 Å². The lowest BCUT2D eigenvalue weighted by atomic mass is 9.92. The number of amides is 2. The van der Waals surface area contributed by atoms with Gasteiger partial charge in [0.05, 0.1) is 0 Å². The maximum atomic E-state index is 12.6. The van der Waals surface area contributed by atoms with Crippen LogP contribution in [0.1, 0.15) is 50.0 Å². The minimum absolute atomic E-state index is 0.0226. The number of carbonyl (C=O) groups excluding carboxylic acids is 2. The van der Waals surface area contributed by atoms with Crippen molar-refractivity contribution in [1.29, 1.82) is 0 Å². The number of likely N-dealkylation sites (tertiary alicyclic amines) is 1. The highest BCUT2D eigenvalue weighted by molar-refractivity contribution is 5.97. The number of nitrogens with one attached hydrogen (secondary N) is 2. The standard InChI is InChI=1S/C22H35N3O2/c1-15(2)20(24-21(26)19-8-6-16(3)7-9-19)22(27)23-10-11-25-13-17(4)12-18(5)14-25/h6-9,15,17-18,20H,10-14H2,1-5H3,(H,23,27)(H,24,26). The van der Waals surface area contributed by atoms with Gasteiger partial charge >= 0.3 is 0 Å². The molecule has 1 aliphatic heterocycles. The zero-order valence-electron chi connectivity index (χ0n) is 17.4. The molecule has 1 aromatic rings. The molecule has 0 bridgehead atoms. The molecule has 3 unspecified atom stereocenters. The molecule has 1 aliphatic rings. The van der Waals surface area contributed by atoms with Crippen LogP contribution in [0.25, 0.3) is 0 Å². The van der Waals surface area contributed by atoms with E-state index in [4.69, 9.17) is 0 Å². The first-order valence-corrected chi connectivity index (χ1v) is 10.1. The van der Waals surface area contributed by atoms with Crippen LogP contribution in [0, 0.1) is 24.7 Å². The Morgan fingerprint density at radius 1 is 1.11 bits per heavy atom. The van der Waals surface area contributed by atoms with E-state index in [9.17, 15) is 9.59 Å². The Hall–Kier alpha value is -1.88. The number of nitrogens with zero attached hydrogens (tertiary/aromatic N) is 1. The summed E-state index contributed by atoms with van der Waals surface area (Å²) in [5, 5.41) is 5.90. The minimum atomic E-state index is -0.530. The topological polar surface area (TPSA) is 61.4 Å². The fraction of sp³-hybridized carbons (Fsp3) is 0.636. The van der Waals surface area contributed by atoms with Gasteiger partial charge in [0.1, 0.15) is 6.04 Å². The summed E-state index contributed by atoms with van der Waals surface area (Å²) < 4.78 is 0. The molecular weight excluding hydrogens is 338 g/mol. The molecular formula is C22H35N3O2. The van der Waals surface area contributed by atoms with Crippen LogP contribution in [0.15, 0.2) is 24.3 Å². The second-order valence-electron chi connectivity index (χ2n) is 8.56. The highest BCUT2D eigenvalue weighted by Crippen LogP contribution is 2.20. The molecule has 0 aliphatic carbocycles. The molecule has 1 fully saturated rings. The second-order valence-corrected chi connectivity index (χ2v) is 8.56. The van der Waals surface area contributed by atoms with Gasteiger partial charge in [-0.1, -0.05) is 45.4 Å². The molecule has 2 amide bonds. The van der Waals surface area contributed by atoms with Crippen molar-refractivity contribution < 1.29 is 9.59 Å². The van der Waals surface area contributed by atoms with Crippen molar-refractivity contribution >= 4 is 11.8 Å². The van der Waals surface area contributed by atoms with Gasteiger partial charge in [0.2, 0.25) is 5.91 Å². The van der Waals surface area contributed by atoms with Crippen LogP contribution in [0.4, 0.5) is 0 Å². The second kappa shape index (κ2) is 9.88. The number of aryl methyl sites for hydroxylation is 1. The average Bonchev–Trinajstić information content (AvgIpc) is 2.58. The first-order chi connectivity index (χ1) is 12.8. The lowest BCUT2D eigenvalue weighted by molar-refractivity contribution is -0.124. The average molecular weight is 374 g/mol. The minimum Gasteiger partial charge on any atom is -0.353 e. The quantitative estimate of drug-likeness (QED) is 0.773. The number of piperidine rings is 1. The maximum absolute atomic E-state index is 12.6. The van der Waals surface area contributed by atoms with Crippen LogP contribution in [0.3, 0.4) is 0 Å². The fourth-order valence-electron chi connectivity index (χ4n) is 3.89. The molecule has 2 rings (SSSR count). The van der Waals surface area contributed by atoms with Gasteiger partial charge in [-0.15, -0.1) is 0 Å². The van der Waals surface area contributed by atoms with Gasteiger partial charge in [0, 0.05) is 31.7 Å². The SMILES string of the molecule is Cc1ccc(C(=O)NC(C(=O)NCCN2CC(C)CC(C)C2)C(C)C)cc1. The Morgan fingerprint density at radius 3 is 2.26 bits per heavy atom. The van der Waals surface area contributed by atoms with E-state index in [1.54, 1.807) is 12.1 Å². The van der Waals surface area contributed by atoms with Crippen LogP contribution >= 0.6 is 0 Å². The van der Waals surface area contributed by atoms with Crippen molar-refractivity contribution in [3.05, 3.63) is 35.4 Å². The highest BCUT2D eigenvalue weighted by atomic mass is 16.2. The largest absolute Gasteiger partial charge is 0.353 e. The lowest BCUT2D eigenvalue weighted by Crippen LogP contribution is -2.51. The van der Waals surface area contributed by atoms with Crippen LogP contribution in [-0.2, 0) is 4.79 Å². The van der Waals surface area contributed by atoms with E-state index in [0.717, 1.165) is 25.2 Å². The van der Waals surface area contributed by atoms with Gasteiger partial charge in [-0.25, -0.2) is 0 Å². The van der Waals surface area contributed by atoms with Crippen LogP contribution in [0.2, 0.25) is 0 Å². The van der Waals surface area contributed by atoms with Gasteiger partial charge in [-0.05, 0) is 43.2 Å². The third-order valence-corrected chi connectivity index (χ3v) is 5.22. The molecule has 1 saturated heterocycles. The molecule has 5 nitrogen and oxygen atoms in total. The number of hydrogen-bond donors (Lipinski definition) is 2. The summed E-state index contributed by atoms with van der Waals surface area (Å²) in [5.41, 5.74) is 1.68. The summed E-state index contributed by atoms with van der Waals surface area (Å²) in [6, 6.07) is 6.86. The molecule has 3 atom stereocenters. The molecule has 27 heavy (non-hydrogen) atoms. The molecule has 150 valence electrons. The smallest absolute Gasteiger partial charge is 0.251 e. The van der Waals surface area contributed by atoms with Crippen LogP contribution in [-0.4, -0.2) is 48.9 Å². The van der Waals surface area contributed by atoms with Gasteiger partial charge in [-0.3, -0.25) is 9.59 Å². The summed E-state index contributed by atoms with van der Waals surface area (Å²) in [5.74, 6) is 1.13. The molecule has 0 saturated carbocycles. The van der Waals surface area contributed by atoms with Crippen LogP contribution in [0.5, 0.6) is 0 Å². The maximum Gasteiger partial charge on any atom is 0.251 e. The third kappa shape index (κ3) is 6.65. The fourth-order valence-corrected chi connectivity index (χ4v) is 3.89. The molecule has 1 heterocycles. The summed E-state index contributed by atoms with van der Waals surface area (Å²) in [6.07, 6.45) is 1.28. The third-order valence-electron chi connectivity index (χ3n) is 5.22. The first-order valence-electron chi connectivity index (χ1n) is 10.1. The highest BCUT2D eigenvalue weighted by Gasteiger charge is 2.25. The Morgan fingerprint density at radius 2 is 1.70 bits per heavy atom. The Bertz CT molecular complexity index is 617. The van der Waals surface area contributed by atoms with E-state index in [1.165, 1.54) is 6.42 Å². The van der Waals surface area contributed by atoms with E-state index < -0.39 is 6.04 Å². The van der Waals surface area contributed by atoms with Gasteiger partial charge < -0.3 is 15.5 Å². The summed E-state index contributed by atoms with van der Waals surface area (Å²) in [7, 11) is 0. The van der Waals surface area contributed by atoms with Crippen molar-refractivity contribution in [1.82, 2.24) is 15.5 Å². The van der Waals surface area contributed by atoms with Gasteiger partial charge in [0.25, 0.3) is 5.91 Å². The van der Waals surface area contributed by atoms with Crippen molar-refractivity contribution in [2.45, 2.75) is 47.1 Å². The number of rotatable bonds is 7. The van der Waals surface area contributed by atoms with Crippen molar-refractivity contribution in [2.24, 2.45) is 17.8 Å². The zero-order valence-corrected chi connectivity index (χ0v) is 17.4. The van der Waals surface area contributed by atoms with E-state index in [-0.39, 0.29) is 17.7 Å². The van der Waals surface area contributed by atoms with Gasteiger partial charge in [0.15, 0.2) is 0 Å². The van der Waals surface area contributed by atoms with E-state index in [2.05, 4.69) is 29.4 Å². The normalized spacial score (nSPS) is 21.7. The van der Waals surface area contributed by atoms with E-state index in [0.29, 0.717) is 23.9 Å². The first kappa shape index (κ1) is 21.4. The zero-order chi connectivity index (χ0) is 20.0. The van der Waals surface area contributed by atoms with Crippen molar-refractivity contribution in [3.8, 4) is 0 Å². The number of carbonyl (C=O) groups is 2. The Balaban J connectivity index is 1.85. The molecule has 0 aromatic heterocycles. The van der Waals surface area contributed by atoms with Crippen LogP contribution < -0.4 is 10.6 Å². The monoisotopic (exact) mass is 373 g/mol. The summed E-state index contributed by atoms with van der Waals surface area (Å²) in [4.78, 5) is 27.5. The lowest BCUT2D eigenvalue weighted by Gasteiger charge is -2.35.